The summed E-state index contributed by atoms with van der Waals surface area (Å²) >= 11 is 3.45. The summed E-state index contributed by atoms with van der Waals surface area (Å²) in [5.41, 5.74) is 1.98. The summed E-state index contributed by atoms with van der Waals surface area (Å²) in [5, 5.41) is 2.95. The summed E-state index contributed by atoms with van der Waals surface area (Å²) in [4.78, 5) is 13.9. The van der Waals surface area contributed by atoms with Crippen molar-refractivity contribution in [3.63, 3.8) is 0 Å². The van der Waals surface area contributed by atoms with Gasteiger partial charge in [-0.15, -0.1) is 0 Å². The van der Waals surface area contributed by atoms with Gasteiger partial charge in [-0.25, -0.2) is 4.79 Å². The zero-order valence-electron chi connectivity index (χ0n) is 10.2. The first-order valence-corrected chi connectivity index (χ1v) is 6.75. The Kier molecular flexibility index (Phi) is 3.72. The van der Waals surface area contributed by atoms with Crippen LogP contribution in [0.1, 0.15) is 25.3 Å². The van der Waals surface area contributed by atoms with Crippen LogP contribution in [-0.4, -0.2) is 23.5 Å². The predicted molar refractivity (Wildman–Crippen MR) is 73.3 cm³/mol. The quantitative estimate of drug-likeness (QED) is 0.905. The van der Waals surface area contributed by atoms with Crippen LogP contribution in [0.5, 0.6) is 0 Å². The molecule has 0 unspecified atom stereocenters. The lowest BCUT2D eigenvalue weighted by Gasteiger charge is -2.21. The van der Waals surface area contributed by atoms with Gasteiger partial charge in [-0.1, -0.05) is 15.9 Å². The third-order valence-corrected chi connectivity index (χ3v) is 3.89. The van der Waals surface area contributed by atoms with E-state index in [2.05, 4.69) is 21.2 Å². The van der Waals surface area contributed by atoms with E-state index in [0.29, 0.717) is 6.04 Å². The number of nitrogens with zero attached hydrogens (tertiary/aromatic N) is 1. The smallest absolute Gasteiger partial charge is 0.322 e. The molecule has 1 aromatic rings. The molecule has 1 saturated carbocycles. The second-order valence-electron chi connectivity index (χ2n) is 4.41. The van der Waals surface area contributed by atoms with Crippen molar-refractivity contribution in [3.05, 3.63) is 28.2 Å². The van der Waals surface area contributed by atoms with E-state index in [1.54, 1.807) is 0 Å². The van der Waals surface area contributed by atoms with E-state index in [9.17, 15) is 4.79 Å². The molecule has 1 aliphatic carbocycles. The highest BCUT2D eigenvalue weighted by molar-refractivity contribution is 9.10. The van der Waals surface area contributed by atoms with Gasteiger partial charge in [0.25, 0.3) is 0 Å². The summed E-state index contributed by atoms with van der Waals surface area (Å²) in [6.45, 7) is 4.80. The number of hydrogen-bond donors (Lipinski definition) is 1. The first kappa shape index (κ1) is 12.4. The van der Waals surface area contributed by atoms with E-state index in [1.807, 2.05) is 36.9 Å². The molecule has 0 heterocycles. The summed E-state index contributed by atoms with van der Waals surface area (Å²) < 4.78 is 1.06. The second-order valence-corrected chi connectivity index (χ2v) is 5.27. The molecular formula is C13H17BrN2O. The van der Waals surface area contributed by atoms with Crippen molar-refractivity contribution in [3.8, 4) is 0 Å². The Bertz CT molecular complexity index is 429. The molecule has 2 amide bonds. The van der Waals surface area contributed by atoms with Crippen LogP contribution in [-0.2, 0) is 0 Å². The van der Waals surface area contributed by atoms with Crippen molar-refractivity contribution < 1.29 is 4.79 Å². The van der Waals surface area contributed by atoms with Crippen LogP contribution in [0, 0.1) is 6.92 Å². The standard InChI is InChI=1S/C13H17BrN2O/c1-3-16(11-5-6-11)13(17)15-10-4-7-12(14)9(2)8-10/h4,7-8,11H,3,5-6H2,1-2H3,(H,15,17). The molecule has 4 heteroatoms. The molecule has 3 nitrogen and oxygen atoms in total. The van der Waals surface area contributed by atoms with Crippen molar-refractivity contribution in [2.75, 3.05) is 11.9 Å². The Labute approximate surface area is 110 Å². The van der Waals surface area contributed by atoms with Crippen molar-refractivity contribution in [2.45, 2.75) is 32.7 Å². The molecule has 0 bridgehead atoms. The fourth-order valence-electron chi connectivity index (χ4n) is 1.87. The van der Waals surface area contributed by atoms with Crippen LogP contribution < -0.4 is 5.32 Å². The van der Waals surface area contributed by atoms with Gasteiger partial charge >= 0.3 is 6.03 Å². The lowest BCUT2D eigenvalue weighted by Crippen LogP contribution is -2.36. The molecule has 0 radical (unpaired) electrons. The zero-order chi connectivity index (χ0) is 12.4. The van der Waals surface area contributed by atoms with Crippen LogP contribution in [0.15, 0.2) is 22.7 Å². The molecule has 1 aliphatic rings. The third-order valence-electron chi connectivity index (χ3n) is 3.00. The van der Waals surface area contributed by atoms with E-state index in [4.69, 9.17) is 0 Å². The summed E-state index contributed by atoms with van der Waals surface area (Å²) in [6.07, 6.45) is 2.28. The highest BCUT2D eigenvalue weighted by Crippen LogP contribution is 2.27. The Balaban J connectivity index is 2.04. The minimum absolute atomic E-state index is 0.0109. The zero-order valence-corrected chi connectivity index (χ0v) is 11.8. The van der Waals surface area contributed by atoms with Gasteiger partial charge in [0.1, 0.15) is 0 Å². The normalized spacial score (nSPS) is 14.5. The van der Waals surface area contributed by atoms with Crippen LogP contribution in [0.3, 0.4) is 0 Å². The molecule has 1 N–H and O–H groups in total. The predicted octanol–water partition coefficient (Wildman–Crippen LogP) is 3.77. The van der Waals surface area contributed by atoms with Crippen LogP contribution >= 0.6 is 15.9 Å². The molecule has 0 atom stereocenters. The van der Waals surface area contributed by atoms with Gasteiger partial charge in [-0.3, -0.25) is 0 Å². The number of aryl methyl sites for hydroxylation is 1. The Morgan fingerprint density at radius 1 is 1.53 bits per heavy atom. The fraction of sp³-hybridized carbons (Fsp3) is 0.462. The van der Waals surface area contributed by atoms with Gasteiger partial charge in [0.15, 0.2) is 0 Å². The molecular weight excluding hydrogens is 280 g/mol. The molecule has 1 aromatic carbocycles. The van der Waals surface area contributed by atoms with Gasteiger partial charge in [0, 0.05) is 22.7 Å². The van der Waals surface area contributed by atoms with Gasteiger partial charge in [-0.05, 0) is 50.5 Å². The summed E-state index contributed by atoms with van der Waals surface area (Å²) in [7, 11) is 0. The highest BCUT2D eigenvalue weighted by atomic mass is 79.9. The van der Waals surface area contributed by atoms with Crippen molar-refractivity contribution >= 4 is 27.6 Å². The molecule has 0 aliphatic heterocycles. The molecule has 2 rings (SSSR count). The van der Waals surface area contributed by atoms with Crippen LogP contribution in [0.25, 0.3) is 0 Å². The minimum atomic E-state index is 0.0109. The molecule has 0 aromatic heterocycles. The molecule has 92 valence electrons. The SMILES string of the molecule is CCN(C(=O)Nc1ccc(Br)c(C)c1)C1CC1. The molecule has 0 saturated heterocycles. The van der Waals surface area contributed by atoms with Crippen LogP contribution in [0.2, 0.25) is 0 Å². The molecule has 0 spiro atoms. The maximum absolute atomic E-state index is 12.0. The fourth-order valence-corrected chi connectivity index (χ4v) is 2.12. The lowest BCUT2D eigenvalue weighted by atomic mass is 10.2. The molecule has 17 heavy (non-hydrogen) atoms. The number of halogens is 1. The van der Waals surface area contributed by atoms with Gasteiger partial charge in [0.05, 0.1) is 0 Å². The maximum atomic E-state index is 12.0. The number of nitrogens with one attached hydrogen (secondary N) is 1. The van der Waals surface area contributed by atoms with Crippen molar-refractivity contribution in [1.82, 2.24) is 4.90 Å². The Morgan fingerprint density at radius 2 is 2.24 bits per heavy atom. The van der Waals surface area contributed by atoms with E-state index < -0.39 is 0 Å². The number of anilines is 1. The third kappa shape index (κ3) is 3.00. The number of carbonyl (C=O) groups is 1. The summed E-state index contributed by atoms with van der Waals surface area (Å²) in [5.74, 6) is 0. The number of hydrogen-bond acceptors (Lipinski definition) is 1. The number of carbonyl (C=O) groups excluding carboxylic acids is 1. The first-order valence-electron chi connectivity index (χ1n) is 5.95. The Morgan fingerprint density at radius 3 is 2.76 bits per heavy atom. The van der Waals surface area contributed by atoms with E-state index in [1.165, 1.54) is 0 Å². The average molecular weight is 297 g/mol. The minimum Gasteiger partial charge on any atom is -0.322 e. The highest BCUT2D eigenvalue weighted by Gasteiger charge is 2.31. The number of urea groups is 1. The Hall–Kier alpha value is -1.03. The topological polar surface area (TPSA) is 32.3 Å². The van der Waals surface area contributed by atoms with E-state index in [-0.39, 0.29) is 6.03 Å². The van der Waals surface area contributed by atoms with Gasteiger partial charge in [0.2, 0.25) is 0 Å². The first-order chi connectivity index (χ1) is 8.11. The van der Waals surface area contributed by atoms with Gasteiger partial charge in [-0.2, -0.15) is 0 Å². The van der Waals surface area contributed by atoms with E-state index in [0.717, 1.165) is 35.1 Å². The van der Waals surface area contributed by atoms with Crippen LogP contribution in [0.4, 0.5) is 10.5 Å². The summed E-state index contributed by atoms with van der Waals surface area (Å²) in [6, 6.07) is 6.31. The second kappa shape index (κ2) is 5.08. The monoisotopic (exact) mass is 296 g/mol. The number of rotatable bonds is 3. The number of benzene rings is 1. The van der Waals surface area contributed by atoms with Crippen molar-refractivity contribution in [2.24, 2.45) is 0 Å². The molecule has 1 fully saturated rings. The number of amides is 2. The lowest BCUT2D eigenvalue weighted by molar-refractivity contribution is 0.212. The maximum Gasteiger partial charge on any atom is 0.322 e. The van der Waals surface area contributed by atoms with Crippen molar-refractivity contribution in [1.29, 1.82) is 0 Å². The largest absolute Gasteiger partial charge is 0.322 e. The average Bonchev–Trinajstić information content (AvgIpc) is 3.09. The van der Waals surface area contributed by atoms with E-state index >= 15 is 0 Å². The van der Waals surface area contributed by atoms with Gasteiger partial charge < -0.3 is 10.2 Å².